The van der Waals surface area contributed by atoms with Crippen molar-refractivity contribution < 1.29 is 13.2 Å². The third kappa shape index (κ3) is 4.68. The average Bonchev–Trinajstić information content (AvgIpc) is 2.54. The molecule has 1 aromatic heterocycles. The first kappa shape index (κ1) is 15.0. The number of hydrogen-bond donors (Lipinski definition) is 1. The van der Waals surface area contributed by atoms with Gasteiger partial charge in [0.15, 0.2) is 0 Å². The molecule has 0 fully saturated rings. The van der Waals surface area contributed by atoms with Crippen molar-refractivity contribution in [3.8, 4) is 0 Å². The summed E-state index contributed by atoms with van der Waals surface area (Å²) in [5.41, 5.74) is 1.89. The van der Waals surface area contributed by atoms with Gasteiger partial charge in [-0.1, -0.05) is 13.8 Å². The summed E-state index contributed by atoms with van der Waals surface area (Å²) < 4.78 is 38.3. The molecule has 3 nitrogen and oxygen atoms in total. The van der Waals surface area contributed by atoms with Crippen molar-refractivity contribution >= 4 is 0 Å². The first-order chi connectivity index (χ1) is 8.19. The topological polar surface area (TPSA) is 29.9 Å². The van der Waals surface area contributed by atoms with Gasteiger partial charge < -0.3 is 5.32 Å². The van der Waals surface area contributed by atoms with Crippen LogP contribution in [0.15, 0.2) is 6.20 Å². The molecular weight excluding hydrogens is 243 g/mol. The van der Waals surface area contributed by atoms with Crippen LogP contribution in [0.25, 0.3) is 0 Å². The summed E-state index contributed by atoms with van der Waals surface area (Å²) in [5, 5.41) is 7.21. The Balaban J connectivity index is 2.58. The lowest BCUT2D eigenvalue weighted by Gasteiger charge is -2.16. The van der Waals surface area contributed by atoms with Gasteiger partial charge in [0.1, 0.15) is 0 Å². The molecule has 0 saturated carbocycles. The van der Waals surface area contributed by atoms with Crippen LogP contribution in [0.5, 0.6) is 0 Å². The molecule has 6 heteroatoms. The van der Waals surface area contributed by atoms with Gasteiger partial charge in [0, 0.05) is 31.4 Å². The van der Waals surface area contributed by atoms with Gasteiger partial charge in [0.2, 0.25) is 0 Å². The molecule has 0 amide bonds. The molecular formula is C12H20F3N3. The fourth-order valence-corrected chi connectivity index (χ4v) is 1.88. The van der Waals surface area contributed by atoms with Crippen LogP contribution >= 0.6 is 0 Å². The van der Waals surface area contributed by atoms with E-state index in [1.54, 1.807) is 11.6 Å². The maximum absolute atomic E-state index is 12.2. The minimum absolute atomic E-state index is 0.265. The van der Waals surface area contributed by atoms with Crippen molar-refractivity contribution in [1.29, 1.82) is 0 Å². The van der Waals surface area contributed by atoms with Crippen molar-refractivity contribution in [3.63, 3.8) is 0 Å². The molecule has 0 radical (unpaired) electrons. The lowest BCUT2D eigenvalue weighted by atomic mass is 10.1. The molecule has 0 saturated heterocycles. The number of aromatic nitrogens is 2. The molecule has 1 aromatic rings. The van der Waals surface area contributed by atoms with E-state index < -0.39 is 18.6 Å². The monoisotopic (exact) mass is 263 g/mol. The van der Waals surface area contributed by atoms with Crippen LogP contribution < -0.4 is 5.32 Å². The lowest BCUT2D eigenvalue weighted by Crippen LogP contribution is -2.30. The highest BCUT2D eigenvalue weighted by atomic mass is 19.4. The average molecular weight is 263 g/mol. The minimum Gasteiger partial charge on any atom is -0.310 e. The summed E-state index contributed by atoms with van der Waals surface area (Å²) in [4.78, 5) is 0. The smallest absolute Gasteiger partial charge is 0.310 e. The summed E-state index contributed by atoms with van der Waals surface area (Å²) in [5.74, 6) is 0.265. The molecule has 18 heavy (non-hydrogen) atoms. The van der Waals surface area contributed by atoms with Crippen molar-refractivity contribution in [2.45, 2.75) is 51.9 Å². The van der Waals surface area contributed by atoms with E-state index in [2.05, 4.69) is 10.4 Å². The number of hydrogen-bond acceptors (Lipinski definition) is 2. The SMILES string of the molecule is CC(CC(F)(F)F)NCc1cn(C)nc1C(C)C. The molecule has 0 aliphatic carbocycles. The first-order valence-electron chi connectivity index (χ1n) is 6.01. The fourth-order valence-electron chi connectivity index (χ4n) is 1.88. The Kier molecular flexibility index (Phi) is 4.78. The van der Waals surface area contributed by atoms with Crippen LogP contribution in [0, 0.1) is 0 Å². The quantitative estimate of drug-likeness (QED) is 0.885. The van der Waals surface area contributed by atoms with Gasteiger partial charge in [-0.15, -0.1) is 0 Å². The molecule has 1 N–H and O–H groups in total. The number of alkyl halides is 3. The normalized spacial score (nSPS) is 14.2. The van der Waals surface area contributed by atoms with E-state index in [0.29, 0.717) is 6.54 Å². The Morgan fingerprint density at radius 3 is 2.44 bits per heavy atom. The van der Waals surface area contributed by atoms with Gasteiger partial charge in [-0.2, -0.15) is 18.3 Å². The number of rotatable bonds is 5. The predicted octanol–water partition coefficient (Wildman–Crippen LogP) is 2.97. The Morgan fingerprint density at radius 2 is 1.94 bits per heavy atom. The van der Waals surface area contributed by atoms with E-state index in [1.165, 1.54) is 0 Å². The van der Waals surface area contributed by atoms with E-state index in [1.807, 2.05) is 27.1 Å². The van der Waals surface area contributed by atoms with E-state index in [-0.39, 0.29) is 5.92 Å². The third-order valence-corrected chi connectivity index (χ3v) is 2.66. The summed E-state index contributed by atoms with van der Waals surface area (Å²) in [7, 11) is 1.81. The van der Waals surface area contributed by atoms with Crippen LogP contribution in [0.1, 0.15) is 44.4 Å². The zero-order valence-corrected chi connectivity index (χ0v) is 11.2. The maximum Gasteiger partial charge on any atom is 0.390 e. The Bertz CT molecular complexity index is 382. The molecule has 1 atom stereocenters. The second-order valence-electron chi connectivity index (χ2n) is 4.97. The van der Waals surface area contributed by atoms with Crippen LogP contribution in [0.4, 0.5) is 13.2 Å². The second-order valence-corrected chi connectivity index (χ2v) is 4.97. The van der Waals surface area contributed by atoms with E-state index >= 15 is 0 Å². The van der Waals surface area contributed by atoms with Gasteiger partial charge in [0.05, 0.1) is 12.1 Å². The molecule has 104 valence electrons. The second kappa shape index (κ2) is 5.73. The van der Waals surface area contributed by atoms with E-state index in [4.69, 9.17) is 0 Å². The van der Waals surface area contributed by atoms with Crippen LogP contribution in [0.3, 0.4) is 0 Å². The summed E-state index contributed by atoms with van der Waals surface area (Å²) in [6, 6.07) is -0.592. The van der Waals surface area contributed by atoms with Gasteiger partial charge in [0.25, 0.3) is 0 Å². The Labute approximate surface area is 105 Å². The number of nitrogens with zero attached hydrogens (tertiary/aromatic N) is 2. The molecule has 0 spiro atoms. The molecule has 0 aliphatic heterocycles. The summed E-state index contributed by atoms with van der Waals surface area (Å²) >= 11 is 0. The van der Waals surface area contributed by atoms with Crippen LogP contribution in [-0.4, -0.2) is 22.0 Å². The largest absolute Gasteiger partial charge is 0.390 e. The number of aryl methyl sites for hydroxylation is 1. The standard InChI is InChI=1S/C12H20F3N3/c1-8(2)11-10(7-18(4)17-11)6-16-9(3)5-12(13,14)15/h7-9,16H,5-6H2,1-4H3. The van der Waals surface area contributed by atoms with Crippen molar-refractivity contribution in [2.24, 2.45) is 7.05 Å². The summed E-state index contributed by atoms with van der Waals surface area (Å²) in [6.45, 7) is 5.99. The van der Waals surface area contributed by atoms with Gasteiger partial charge >= 0.3 is 6.18 Å². The van der Waals surface area contributed by atoms with Crippen LogP contribution in [0.2, 0.25) is 0 Å². The van der Waals surface area contributed by atoms with E-state index in [0.717, 1.165) is 11.3 Å². The zero-order valence-electron chi connectivity index (χ0n) is 11.2. The number of nitrogens with one attached hydrogen (secondary N) is 1. The number of halogens is 3. The molecule has 0 aliphatic rings. The molecule has 0 bridgehead atoms. The van der Waals surface area contributed by atoms with Gasteiger partial charge in [-0.05, 0) is 12.8 Å². The maximum atomic E-state index is 12.2. The highest BCUT2D eigenvalue weighted by Gasteiger charge is 2.29. The molecule has 1 heterocycles. The minimum atomic E-state index is -4.12. The highest BCUT2D eigenvalue weighted by molar-refractivity contribution is 5.20. The van der Waals surface area contributed by atoms with Gasteiger partial charge in [-0.3, -0.25) is 4.68 Å². The van der Waals surface area contributed by atoms with Gasteiger partial charge in [-0.25, -0.2) is 0 Å². The van der Waals surface area contributed by atoms with Crippen molar-refractivity contribution in [1.82, 2.24) is 15.1 Å². The molecule has 0 aromatic carbocycles. The first-order valence-corrected chi connectivity index (χ1v) is 6.01. The predicted molar refractivity (Wildman–Crippen MR) is 64.3 cm³/mol. The lowest BCUT2D eigenvalue weighted by molar-refractivity contribution is -0.139. The molecule has 1 unspecified atom stereocenters. The van der Waals surface area contributed by atoms with E-state index in [9.17, 15) is 13.2 Å². The van der Waals surface area contributed by atoms with Crippen molar-refractivity contribution in [3.05, 3.63) is 17.5 Å². The van der Waals surface area contributed by atoms with Crippen molar-refractivity contribution in [2.75, 3.05) is 0 Å². The molecule has 1 rings (SSSR count). The fraction of sp³-hybridized carbons (Fsp3) is 0.750. The Morgan fingerprint density at radius 1 is 1.33 bits per heavy atom. The Hall–Kier alpha value is -1.04. The van der Waals surface area contributed by atoms with Crippen LogP contribution in [-0.2, 0) is 13.6 Å². The zero-order chi connectivity index (χ0) is 13.9. The highest BCUT2D eigenvalue weighted by Crippen LogP contribution is 2.22. The summed E-state index contributed by atoms with van der Waals surface area (Å²) in [6.07, 6.45) is -3.09. The third-order valence-electron chi connectivity index (χ3n) is 2.66.